The highest BCUT2D eigenvalue weighted by Gasteiger charge is 2.36. The number of H-pyrrole nitrogens is 1. The fourth-order valence-corrected chi connectivity index (χ4v) is 4.18. The van der Waals surface area contributed by atoms with Gasteiger partial charge in [0.2, 0.25) is 0 Å². The van der Waals surface area contributed by atoms with Crippen molar-refractivity contribution in [2.45, 2.75) is 25.4 Å². The molecule has 6 nitrogen and oxygen atoms in total. The predicted molar refractivity (Wildman–Crippen MR) is 112 cm³/mol. The number of hydrogen-bond acceptors (Lipinski definition) is 3. The van der Waals surface area contributed by atoms with Crippen molar-refractivity contribution in [1.82, 2.24) is 24.5 Å². The zero-order valence-corrected chi connectivity index (χ0v) is 17.2. The summed E-state index contributed by atoms with van der Waals surface area (Å²) in [6.07, 6.45) is -3.90. The van der Waals surface area contributed by atoms with Gasteiger partial charge in [0.25, 0.3) is 5.91 Å². The summed E-state index contributed by atoms with van der Waals surface area (Å²) in [4.78, 5) is 22.0. The molecular formula is C23H20F3N5O. The van der Waals surface area contributed by atoms with Gasteiger partial charge in [-0.3, -0.25) is 4.79 Å². The van der Waals surface area contributed by atoms with E-state index in [1.807, 2.05) is 36.4 Å². The normalized spacial score (nSPS) is 16.8. The number of hydrogen-bond donors (Lipinski definition) is 1. The molecule has 1 aliphatic rings. The Morgan fingerprint density at radius 2 is 1.91 bits per heavy atom. The first-order chi connectivity index (χ1) is 15.3. The van der Waals surface area contributed by atoms with Crippen LogP contribution in [0.2, 0.25) is 0 Å². The Morgan fingerprint density at radius 1 is 1.12 bits per heavy atom. The molecule has 1 aromatic carbocycles. The van der Waals surface area contributed by atoms with Crippen molar-refractivity contribution in [2.75, 3.05) is 13.1 Å². The van der Waals surface area contributed by atoms with E-state index in [9.17, 15) is 18.0 Å². The molecule has 0 spiro atoms. The maximum absolute atomic E-state index is 13.4. The van der Waals surface area contributed by atoms with E-state index in [-0.39, 0.29) is 23.2 Å². The Bertz CT molecular complexity index is 1290. The first-order valence-corrected chi connectivity index (χ1v) is 10.3. The van der Waals surface area contributed by atoms with Gasteiger partial charge in [-0.2, -0.15) is 18.3 Å². The van der Waals surface area contributed by atoms with Gasteiger partial charge in [0.05, 0.1) is 5.69 Å². The van der Waals surface area contributed by atoms with E-state index in [0.29, 0.717) is 30.9 Å². The molecular weight excluding hydrogens is 419 g/mol. The van der Waals surface area contributed by atoms with Crippen LogP contribution in [0.4, 0.5) is 13.2 Å². The zero-order valence-electron chi connectivity index (χ0n) is 17.2. The number of nitrogens with one attached hydrogen (secondary N) is 1. The van der Waals surface area contributed by atoms with Crippen LogP contribution in [0, 0.1) is 6.92 Å². The van der Waals surface area contributed by atoms with Crippen LogP contribution in [0.25, 0.3) is 16.9 Å². The molecule has 4 heterocycles. The van der Waals surface area contributed by atoms with Crippen molar-refractivity contribution in [1.29, 1.82) is 0 Å². The fourth-order valence-electron chi connectivity index (χ4n) is 4.18. The van der Waals surface area contributed by atoms with Gasteiger partial charge in [-0.05, 0) is 37.1 Å². The number of carbonyl (C=O) groups is 1. The highest BCUT2D eigenvalue weighted by molar-refractivity contribution is 5.93. The molecule has 1 N–H and O–H groups in total. The van der Waals surface area contributed by atoms with Crippen LogP contribution in [0.5, 0.6) is 0 Å². The van der Waals surface area contributed by atoms with E-state index in [4.69, 9.17) is 0 Å². The number of rotatable bonds is 3. The minimum atomic E-state index is -4.53. The summed E-state index contributed by atoms with van der Waals surface area (Å²) in [7, 11) is 0. The second kappa shape index (κ2) is 7.51. The second-order valence-electron chi connectivity index (χ2n) is 8.01. The number of halogens is 3. The third-order valence-electron chi connectivity index (χ3n) is 5.76. The molecule has 1 amide bonds. The molecule has 5 rings (SSSR count). The van der Waals surface area contributed by atoms with Crippen LogP contribution in [-0.2, 0) is 6.18 Å². The lowest BCUT2D eigenvalue weighted by atomic mass is 10.1. The van der Waals surface area contributed by atoms with Crippen molar-refractivity contribution < 1.29 is 18.0 Å². The predicted octanol–water partition coefficient (Wildman–Crippen LogP) is 4.68. The summed E-state index contributed by atoms with van der Waals surface area (Å²) in [5, 5.41) is 4.20. The van der Waals surface area contributed by atoms with Crippen molar-refractivity contribution in [3.63, 3.8) is 0 Å². The molecule has 32 heavy (non-hydrogen) atoms. The summed E-state index contributed by atoms with van der Waals surface area (Å²) >= 11 is 0. The number of amides is 1. The van der Waals surface area contributed by atoms with Gasteiger partial charge in [-0.25, -0.2) is 9.50 Å². The molecule has 3 aromatic heterocycles. The van der Waals surface area contributed by atoms with E-state index >= 15 is 0 Å². The van der Waals surface area contributed by atoms with Crippen molar-refractivity contribution in [3.8, 4) is 11.3 Å². The Kier molecular flexibility index (Phi) is 4.76. The number of alkyl halides is 3. The fraction of sp³-hybridized carbons (Fsp3) is 0.261. The first-order valence-electron chi connectivity index (χ1n) is 10.3. The van der Waals surface area contributed by atoms with Gasteiger partial charge in [0, 0.05) is 36.5 Å². The number of carbonyl (C=O) groups excluding carboxylic acids is 1. The van der Waals surface area contributed by atoms with Crippen molar-refractivity contribution >= 4 is 11.6 Å². The first kappa shape index (κ1) is 20.3. The number of aromatic amines is 1. The van der Waals surface area contributed by atoms with Crippen molar-refractivity contribution in [2.24, 2.45) is 0 Å². The number of aryl methyl sites for hydroxylation is 1. The molecule has 0 radical (unpaired) electrons. The molecule has 0 unspecified atom stereocenters. The molecule has 1 atom stereocenters. The number of nitrogens with zero attached hydrogens (tertiary/aromatic N) is 4. The van der Waals surface area contributed by atoms with Crippen LogP contribution in [0.1, 0.15) is 39.9 Å². The summed E-state index contributed by atoms with van der Waals surface area (Å²) in [6, 6.07) is 15.9. The number of benzene rings is 1. The van der Waals surface area contributed by atoms with E-state index in [1.54, 1.807) is 17.0 Å². The maximum atomic E-state index is 13.4. The molecule has 1 aliphatic heterocycles. The van der Waals surface area contributed by atoms with Crippen LogP contribution < -0.4 is 0 Å². The van der Waals surface area contributed by atoms with Crippen LogP contribution >= 0.6 is 0 Å². The molecule has 0 aliphatic carbocycles. The minimum Gasteiger partial charge on any atom is -0.351 e. The highest BCUT2D eigenvalue weighted by Crippen LogP contribution is 2.32. The monoisotopic (exact) mass is 439 g/mol. The van der Waals surface area contributed by atoms with Crippen LogP contribution in [0.15, 0.2) is 54.6 Å². The Morgan fingerprint density at radius 3 is 2.66 bits per heavy atom. The molecule has 1 saturated heterocycles. The van der Waals surface area contributed by atoms with E-state index in [2.05, 4.69) is 15.1 Å². The average molecular weight is 439 g/mol. The third-order valence-corrected chi connectivity index (χ3v) is 5.76. The van der Waals surface area contributed by atoms with Gasteiger partial charge >= 0.3 is 6.18 Å². The van der Waals surface area contributed by atoms with E-state index in [0.717, 1.165) is 21.8 Å². The molecule has 0 saturated carbocycles. The topological polar surface area (TPSA) is 66.3 Å². The molecule has 164 valence electrons. The summed E-state index contributed by atoms with van der Waals surface area (Å²) in [5.41, 5.74) is 2.42. The number of likely N-dealkylation sites (tertiary alicyclic amines) is 1. The Hall–Kier alpha value is -3.62. The van der Waals surface area contributed by atoms with Gasteiger partial charge in [-0.15, -0.1) is 0 Å². The third kappa shape index (κ3) is 3.63. The average Bonchev–Trinajstić information content (AvgIpc) is 3.51. The van der Waals surface area contributed by atoms with Gasteiger partial charge < -0.3 is 9.88 Å². The SMILES string of the molecule is Cc1cc(C(F)(F)F)n2nc([C@@H]3CCN(C(=O)c4ccc(-c5ccccc5)[nH]4)C3)cc2n1. The summed E-state index contributed by atoms with van der Waals surface area (Å²) < 4.78 is 41.1. The summed E-state index contributed by atoms with van der Waals surface area (Å²) in [6.45, 7) is 2.43. The lowest BCUT2D eigenvalue weighted by Gasteiger charge is -2.15. The van der Waals surface area contributed by atoms with Crippen LogP contribution in [-0.4, -0.2) is 43.5 Å². The molecule has 4 aromatic rings. The zero-order chi connectivity index (χ0) is 22.5. The Labute approximate surface area is 181 Å². The standard InChI is InChI=1S/C23H20F3N5O/c1-14-11-20(23(24,25)26)31-21(27-14)12-19(29-31)16-9-10-30(13-16)22(32)18-8-7-17(28-18)15-5-3-2-4-6-15/h2-8,11-12,16,28H,9-10,13H2,1H3/t16-/m1/s1. The smallest absolute Gasteiger partial charge is 0.351 e. The largest absolute Gasteiger partial charge is 0.433 e. The highest BCUT2D eigenvalue weighted by atomic mass is 19.4. The van der Waals surface area contributed by atoms with E-state index in [1.165, 1.54) is 6.92 Å². The van der Waals surface area contributed by atoms with Crippen molar-refractivity contribution in [3.05, 3.63) is 77.4 Å². The molecule has 9 heteroatoms. The van der Waals surface area contributed by atoms with Gasteiger partial charge in [0.1, 0.15) is 11.4 Å². The van der Waals surface area contributed by atoms with Gasteiger partial charge in [0.15, 0.2) is 5.65 Å². The second-order valence-corrected chi connectivity index (χ2v) is 8.01. The van der Waals surface area contributed by atoms with E-state index < -0.39 is 11.9 Å². The lowest BCUT2D eigenvalue weighted by molar-refractivity contribution is -0.142. The quantitative estimate of drug-likeness (QED) is 0.504. The number of aromatic nitrogens is 4. The lowest BCUT2D eigenvalue weighted by Crippen LogP contribution is -2.28. The van der Waals surface area contributed by atoms with Gasteiger partial charge in [-0.1, -0.05) is 30.3 Å². The summed E-state index contributed by atoms with van der Waals surface area (Å²) in [5.74, 6) is -0.283. The Balaban J connectivity index is 1.36. The van der Waals surface area contributed by atoms with Crippen LogP contribution in [0.3, 0.4) is 0 Å². The maximum Gasteiger partial charge on any atom is 0.433 e. The minimum absolute atomic E-state index is 0.136. The molecule has 0 bridgehead atoms. The molecule has 1 fully saturated rings. The number of fused-ring (bicyclic) bond motifs is 1.